The third-order valence-corrected chi connectivity index (χ3v) is 5.24. The lowest BCUT2D eigenvalue weighted by Gasteiger charge is -2.15. The number of aliphatic imine (C=N–C) groups is 3. The van der Waals surface area contributed by atoms with Crippen LogP contribution >= 0.6 is 0 Å². The number of hydrogen-bond donors (Lipinski definition) is 2. The summed E-state index contributed by atoms with van der Waals surface area (Å²) in [5.74, 6) is 2.25. The SMILES string of the molecule is C=Cc1ccccc1N=C1N=C(Nc2ccccc2)N=C(Nc2ccccc2)CC1CC. The maximum absolute atomic E-state index is 4.95. The molecule has 32 heavy (non-hydrogen) atoms. The number of para-hydroxylation sites is 3. The highest BCUT2D eigenvalue weighted by atomic mass is 15.2. The molecule has 1 heterocycles. The molecule has 3 aromatic rings. The van der Waals surface area contributed by atoms with Crippen LogP contribution in [0.4, 0.5) is 17.1 Å². The molecule has 5 nitrogen and oxygen atoms in total. The third-order valence-electron chi connectivity index (χ3n) is 5.24. The number of hydrogen-bond acceptors (Lipinski definition) is 4. The lowest BCUT2D eigenvalue weighted by Crippen LogP contribution is -2.20. The minimum Gasteiger partial charge on any atom is -0.344 e. The zero-order valence-electron chi connectivity index (χ0n) is 18.2. The quantitative estimate of drug-likeness (QED) is 0.478. The molecule has 2 N–H and O–H groups in total. The molecule has 1 aliphatic heterocycles. The Morgan fingerprint density at radius 1 is 0.875 bits per heavy atom. The summed E-state index contributed by atoms with van der Waals surface area (Å²) in [5, 5.41) is 6.81. The Labute approximate surface area is 189 Å². The van der Waals surface area contributed by atoms with Crippen molar-refractivity contribution in [3.8, 4) is 0 Å². The molecule has 1 atom stereocenters. The molecule has 1 unspecified atom stereocenters. The Morgan fingerprint density at radius 3 is 2.16 bits per heavy atom. The Kier molecular flexibility index (Phi) is 6.88. The second-order valence-electron chi connectivity index (χ2n) is 7.52. The van der Waals surface area contributed by atoms with Gasteiger partial charge in [0.15, 0.2) is 0 Å². The molecule has 4 rings (SSSR count). The van der Waals surface area contributed by atoms with Crippen LogP contribution in [0, 0.1) is 5.92 Å². The molecule has 0 aromatic heterocycles. The van der Waals surface area contributed by atoms with Crippen LogP contribution in [0.1, 0.15) is 25.3 Å². The molecular weight excluding hydrogens is 394 g/mol. The first kappa shape index (κ1) is 21.2. The second-order valence-corrected chi connectivity index (χ2v) is 7.52. The lowest BCUT2D eigenvalue weighted by molar-refractivity contribution is 0.691. The number of nitrogens with zero attached hydrogens (tertiary/aromatic N) is 3. The molecule has 3 aromatic carbocycles. The standard InChI is InChI=1S/C27H27N5/c1-3-20-13-11-12-18-24(20)30-26-21(4-2)19-25(28-22-14-7-5-8-15-22)31-27(32-26)29-23-16-9-6-10-17-23/h3,5-18,21H,1,4,19H2,2H3,(H2,28,29,30,31,32). The maximum atomic E-state index is 4.95. The molecule has 0 spiro atoms. The summed E-state index contributed by atoms with van der Waals surface area (Å²) in [6, 6.07) is 28.0. The zero-order chi connectivity index (χ0) is 22.2. The summed E-state index contributed by atoms with van der Waals surface area (Å²) in [6.45, 7) is 6.08. The van der Waals surface area contributed by atoms with Gasteiger partial charge in [-0.25, -0.2) is 4.99 Å². The normalized spacial score (nSPS) is 17.2. The lowest BCUT2D eigenvalue weighted by atomic mass is 10.00. The number of rotatable bonds is 5. The molecule has 0 amide bonds. The molecule has 0 saturated carbocycles. The van der Waals surface area contributed by atoms with Gasteiger partial charge in [0.1, 0.15) is 11.7 Å². The Morgan fingerprint density at radius 2 is 1.50 bits per heavy atom. The highest BCUT2D eigenvalue weighted by molar-refractivity contribution is 6.14. The largest absolute Gasteiger partial charge is 0.344 e. The number of amidine groups is 2. The van der Waals surface area contributed by atoms with Gasteiger partial charge in [0.05, 0.1) is 5.69 Å². The van der Waals surface area contributed by atoms with Gasteiger partial charge >= 0.3 is 0 Å². The molecule has 0 aliphatic carbocycles. The third kappa shape index (κ3) is 5.38. The summed E-state index contributed by atoms with van der Waals surface area (Å²) in [5.41, 5.74) is 3.76. The minimum absolute atomic E-state index is 0.123. The number of guanidine groups is 1. The van der Waals surface area contributed by atoms with Gasteiger partial charge in [-0.3, -0.25) is 0 Å². The van der Waals surface area contributed by atoms with Crippen LogP contribution in [0.3, 0.4) is 0 Å². The summed E-state index contributed by atoms with van der Waals surface area (Å²) in [6.07, 6.45) is 3.43. The van der Waals surface area contributed by atoms with E-state index in [9.17, 15) is 0 Å². The van der Waals surface area contributed by atoms with Gasteiger partial charge in [-0.15, -0.1) is 0 Å². The van der Waals surface area contributed by atoms with Crippen molar-refractivity contribution in [1.82, 2.24) is 0 Å². The van der Waals surface area contributed by atoms with Gasteiger partial charge in [-0.05, 0) is 42.3 Å². The van der Waals surface area contributed by atoms with E-state index in [1.54, 1.807) is 0 Å². The topological polar surface area (TPSA) is 61.1 Å². The maximum Gasteiger partial charge on any atom is 0.230 e. The Bertz CT molecular complexity index is 1150. The van der Waals surface area contributed by atoms with Crippen molar-refractivity contribution in [2.45, 2.75) is 19.8 Å². The van der Waals surface area contributed by atoms with Crippen molar-refractivity contribution in [3.05, 3.63) is 97.1 Å². The van der Waals surface area contributed by atoms with Crippen molar-refractivity contribution in [2.75, 3.05) is 10.6 Å². The summed E-state index contributed by atoms with van der Waals surface area (Å²) < 4.78 is 0. The van der Waals surface area contributed by atoms with Crippen molar-refractivity contribution in [3.63, 3.8) is 0 Å². The van der Waals surface area contributed by atoms with E-state index < -0.39 is 0 Å². The average molecular weight is 422 g/mol. The van der Waals surface area contributed by atoms with E-state index in [0.29, 0.717) is 12.4 Å². The van der Waals surface area contributed by atoms with E-state index in [1.807, 2.05) is 91.0 Å². The van der Waals surface area contributed by atoms with Crippen LogP contribution in [0.5, 0.6) is 0 Å². The van der Waals surface area contributed by atoms with Gasteiger partial charge in [0, 0.05) is 23.7 Å². The van der Waals surface area contributed by atoms with Crippen LogP contribution in [-0.4, -0.2) is 17.6 Å². The van der Waals surface area contributed by atoms with Gasteiger partial charge in [-0.1, -0.05) is 74.2 Å². The second kappa shape index (κ2) is 10.4. The highest BCUT2D eigenvalue weighted by Gasteiger charge is 2.22. The molecular formula is C27H27N5. The van der Waals surface area contributed by atoms with Gasteiger partial charge in [0.2, 0.25) is 5.96 Å². The smallest absolute Gasteiger partial charge is 0.230 e. The zero-order valence-corrected chi connectivity index (χ0v) is 18.2. The van der Waals surface area contributed by atoms with Gasteiger partial charge in [-0.2, -0.15) is 9.98 Å². The van der Waals surface area contributed by atoms with Crippen molar-refractivity contribution >= 4 is 40.8 Å². The first-order chi connectivity index (χ1) is 15.7. The fraction of sp³-hybridized carbons (Fsp3) is 0.148. The molecule has 0 saturated heterocycles. The van der Waals surface area contributed by atoms with E-state index >= 15 is 0 Å². The summed E-state index contributed by atoms with van der Waals surface area (Å²) in [4.78, 5) is 14.7. The number of benzene rings is 3. The first-order valence-electron chi connectivity index (χ1n) is 10.9. The molecule has 0 bridgehead atoms. The highest BCUT2D eigenvalue weighted by Crippen LogP contribution is 2.25. The number of nitrogens with one attached hydrogen (secondary N) is 2. The molecule has 1 aliphatic rings. The van der Waals surface area contributed by atoms with Crippen LogP contribution in [0.25, 0.3) is 6.08 Å². The summed E-state index contributed by atoms with van der Waals surface area (Å²) >= 11 is 0. The molecule has 5 heteroatoms. The van der Waals surface area contributed by atoms with Crippen molar-refractivity contribution in [1.29, 1.82) is 0 Å². The van der Waals surface area contributed by atoms with Gasteiger partial charge < -0.3 is 10.6 Å². The molecule has 0 fully saturated rings. The average Bonchev–Trinajstić information content (AvgIpc) is 2.99. The number of anilines is 2. The van der Waals surface area contributed by atoms with E-state index in [1.165, 1.54) is 0 Å². The van der Waals surface area contributed by atoms with Crippen LogP contribution in [0.15, 0.2) is 106 Å². The summed E-state index contributed by atoms with van der Waals surface area (Å²) in [7, 11) is 0. The van der Waals surface area contributed by atoms with E-state index in [0.717, 1.165) is 40.7 Å². The van der Waals surface area contributed by atoms with E-state index in [2.05, 4.69) is 24.1 Å². The fourth-order valence-electron chi connectivity index (χ4n) is 3.53. The van der Waals surface area contributed by atoms with Crippen molar-refractivity contribution in [2.24, 2.45) is 20.9 Å². The predicted octanol–water partition coefficient (Wildman–Crippen LogP) is 6.77. The first-order valence-corrected chi connectivity index (χ1v) is 10.9. The minimum atomic E-state index is 0.123. The Hall–Kier alpha value is -3.99. The van der Waals surface area contributed by atoms with Crippen LogP contribution in [-0.2, 0) is 0 Å². The van der Waals surface area contributed by atoms with E-state index in [-0.39, 0.29) is 5.92 Å². The van der Waals surface area contributed by atoms with Crippen molar-refractivity contribution < 1.29 is 0 Å². The Balaban J connectivity index is 1.73. The molecule has 160 valence electrons. The fourth-order valence-corrected chi connectivity index (χ4v) is 3.53. The monoisotopic (exact) mass is 421 g/mol. The molecule has 0 radical (unpaired) electrons. The van der Waals surface area contributed by atoms with E-state index in [4.69, 9.17) is 15.0 Å². The van der Waals surface area contributed by atoms with Gasteiger partial charge in [0.25, 0.3) is 0 Å². The van der Waals surface area contributed by atoms with Crippen LogP contribution < -0.4 is 10.6 Å². The predicted molar refractivity (Wildman–Crippen MR) is 137 cm³/mol. The van der Waals surface area contributed by atoms with Crippen LogP contribution in [0.2, 0.25) is 0 Å².